The third-order valence-corrected chi connectivity index (χ3v) is 6.28. The van der Waals surface area contributed by atoms with Crippen LogP contribution in [0.15, 0.2) is 72.0 Å². The van der Waals surface area contributed by atoms with E-state index in [1.165, 1.54) is 0 Å². The maximum absolute atomic E-state index is 12.9. The van der Waals surface area contributed by atoms with Gasteiger partial charge < -0.3 is 9.55 Å². The average molecular weight is 448 g/mol. The molecule has 0 bridgehead atoms. The van der Waals surface area contributed by atoms with E-state index in [0.29, 0.717) is 6.54 Å². The highest BCUT2D eigenvalue weighted by Crippen LogP contribution is 2.44. The Morgan fingerprint density at radius 1 is 1.00 bits per heavy atom. The normalized spacial score (nSPS) is 19.2. The van der Waals surface area contributed by atoms with Crippen LogP contribution in [0.4, 0.5) is 0 Å². The molecule has 4 aromatic rings. The van der Waals surface area contributed by atoms with E-state index in [1.54, 1.807) is 0 Å². The number of benzene rings is 2. The molecule has 144 valence electrons. The van der Waals surface area contributed by atoms with E-state index in [2.05, 4.69) is 37.4 Å². The van der Waals surface area contributed by atoms with Gasteiger partial charge in [0.25, 0.3) is 0 Å². The SMILES string of the molecule is C=CCn1cc(C2C(=O)NC(=O)C2c2c[nH]c3ccccc23)c2cccc(Br)c21. The van der Waals surface area contributed by atoms with Crippen molar-refractivity contribution in [1.29, 1.82) is 0 Å². The Balaban J connectivity index is 1.74. The number of H-pyrrole nitrogens is 1. The summed E-state index contributed by atoms with van der Waals surface area (Å²) in [6.45, 7) is 4.45. The van der Waals surface area contributed by atoms with Crippen molar-refractivity contribution in [3.8, 4) is 0 Å². The van der Waals surface area contributed by atoms with E-state index in [1.807, 2.05) is 60.9 Å². The number of carbonyl (C=O) groups is 2. The number of carbonyl (C=O) groups excluding carboxylic acids is 2. The van der Waals surface area contributed by atoms with Gasteiger partial charge in [-0.25, -0.2) is 0 Å². The molecule has 0 radical (unpaired) electrons. The van der Waals surface area contributed by atoms with Crippen LogP contribution in [0, 0.1) is 0 Å². The number of aromatic nitrogens is 2. The van der Waals surface area contributed by atoms with Gasteiger partial charge in [-0.2, -0.15) is 0 Å². The highest BCUT2D eigenvalue weighted by molar-refractivity contribution is 9.10. The van der Waals surface area contributed by atoms with Gasteiger partial charge in [0, 0.05) is 39.7 Å². The molecule has 2 unspecified atom stereocenters. The van der Waals surface area contributed by atoms with Crippen molar-refractivity contribution < 1.29 is 9.59 Å². The first kappa shape index (κ1) is 17.9. The van der Waals surface area contributed by atoms with Crippen LogP contribution in [0.1, 0.15) is 23.0 Å². The summed E-state index contributed by atoms with van der Waals surface area (Å²) >= 11 is 3.63. The molecule has 0 saturated carbocycles. The molecule has 1 aliphatic rings. The average Bonchev–Trinajstić information content (AvgIpc) is 3.36. The second-order valence-corrected chi connectivity index (χ2v) is 8.11. The zero-order valence-corrected chi connectivity index (χ0v) is 17.1. The zero-order chi connectivity index (χ0) is 20.1. The third kappa shape index (κ3) is 2.67. The van der Waals surface area contributed by atoms with Crippen molar-refractivity contribution >= 4 is 49.6 Å². The minimum Gasteiger partial charge on any atom is -0.361 e. The highest BCUT2D eigenvalue weighted by Gasteiger charge is 2.45. The number of rotatable bonds is 4. The van der Waals surface area contributed by atoms with Crippen LogP contribution in [0.2, 0.25) is 0 Å². The Bertz CT molecular complexity index is 1300. The van der Waals surface area contributed by atoms with E-state index in [9.17, 15) is 9.59 Å². The lowest BCUT2D eigenvalue weighted by atomic mass is 9.83. The minimum absolute atomic E-state index is 0.260. The molecule has 0 spiro atoms. The van der Waals surface area contributed by atoms with Crippen molar-refractivity contribution in [3.05, 3.63) is 83.1 Å². The number of imide groups is 1. The highest BCUT2D eigenvalue weighted by atomic mass is 79.9. The molecule has 1 fully saturated rings. The predicted octanol–water partition coefficient (Wildman–Crippen LogP) is 4.59. The third-order valence-electron chi connectivity index (χ3n) is 5.64. The lowest BCUT2D eigenvalue weighted by molar-refractivity contribution is -0.125. The smallest absolute Gasteiger partial charge is 0.235 e. The number of allylic oxidation sites excluding steroid dienone is 1. The second-order valence-electron chi connectivity index (χ2n) is 7.26. The Morgan fingerprint density at radius 2 is 1.72 bits per heavy atom. The summed E-state index contributed by atoms with van der Waals surface area (Å²) in [6, 6.07) is 13.8. The molecule has 0 aliphatic carbocycles. The molecule has 3 heterocycles. The predicted molar refractivity (Wildman–Crippen MR) is 117 cm³/mol. The van der Waals surface area contributed by atoms with Gasteiger partial charge in [0.1, 0.15) is 0 Å². The summed E-state index contributed by atoms with van der Waals surface area (Å²) in [5.41, 5.74) is 3.63. The van der Waals surface area contributed by atoms with Gasteiger partial charge in [-0.1, -0.05) is 36.4 Å². The number of para-hydroxylation sites is 2. The van der Waals surface area contributed by atoms with Crippen LogP contribution in [0.25, 0.3) is 21.8 Å². The summed E-state index contributed by atoms with van der Waals surface area (Å²) < 4.78 is 3.00. The molecule has 2 N–H and O–H groups in total. The van der Waals surface area contributed by atoms with Crippen LogP contribution in [0.5, 0.6) is 0 Å². The number of hydrogen-bond acceptors (Lipinski definition) is 2. The molecule has 29 heavy (non-hydrogen) atoms. The molecule has 2 aromatic carbocycles. The van der Waals surface area contributed by atoms with Crippen molar-refractivity contribution in [2.45, 2.75) is 18.4 Å². The number of halogens is 1. The van der Waals surface area contributed by atoms with Gasteiger partial charge in [0.15, 0.2) is 0 Å². The summed E-state index contributed by atoms with van der Waals surface area (Å²) in [5.74, 6) is -1.70. The topological polar surface area (TPSA) is 66.9 Å². The van der Waals surface area contributed by atoms with Gasteiger partial charge in [-0.3, -0.25) is 14.9 Å². The Hall–Kier alpha value is -3.12. The molecular weight excluding hydrogens is 430 g/mol. The molecule has 2 aromatic heterocycles. The van der Waals surface area contributed by atoms with Gasteiger partial charge in [0.2, 0.25) is 11.8 Å². The van der Waals surface area contributed by atoms with Gasteiger partial charge >= 0.3 is 0 Å². The monoisotopic (exact) mass is 447 g/mol. The summed E-state index contributed by atoms with van der Waals surface area (Å²) in [6.07, 6.45) is 5.64. The standard InChI is InChI=1S/C23H18BrN3O2/c1-2-10-27-12-16(14-7-5-8-17(24)21(14)27)20-19(22(28)26-23(20)29)15-11-25-18-9-4-3-6-13(15)18/h2-9,11-12,19-20,25H,1,10H2,(H,26,28,29). The fourth-order valence-electron chi connectivity index (χ4n) is 4.45. The first-order chi connectivity index (χ1) is 14.1. The zero-order valence-electron chi connectivity index (χ0n) is 15.5. The summed E-state index contributed by atoms with van der Waals surface area (Å²) in [4.78, 5) is 29.0. The van der Waals surface area contributed by atoms with Crippen LogP contribution < -0.4 is 5.32 Å². The summed E-state index contributed by atoms with van der Waals surface area (Å²) in [7, 11) is 0. The van der Waals surface area contributed by atoms with E-state index in [0.717, 1.165) is 37.4 Å². The van der Waals surface area contributed by atoms with Crippen molar-refractivity contribution in [1.82, 2.24) is 14.9 Å². The number of hydrogen-bond donors (Lipinski definition) is 2. The number of amides is 2. The van der Waals surface area contributed by atoms with E-state index in [-0.39, 0.29) is 11.8 Å². The Morgan fingerprint density at radius 3 is 2.52 bits per heavy atom. The van der Waals surface area contributed by atoms with E-state index >= 15 is 0 Å². The first-order valence-electron chi connectivity index (χ1n) is 9.39. The van der Waals surface area contributed by atoms with E-state index in [4.69, 9.17) is 0 Å². The van der Waals surface area contributed by atoms with Gasteiger partial charge in [-0.15, -0.1) is 6.58 Å². The van der Waals surface area contributed by atoms with Crippen LogP contribution in [0.3, 0.4) is 0 Å². The molecule has 5 rings (SSSR count). The molecule has 1 saturated heterocycles. The molecule has 2 amide bonds. The van der Waals surface area contributed by atoms with Crippen LogP contribution in [-0.4, -0.2) is 21.4 Å². The van der Waals surface area contributed by atoms with Gasteiger partial charge in [0.05, 0.1) is 17.4 Å². The Labute approximate surface area is 175 Å². The van der Waals surface area contributed by atoms with E-state index < -0.39 is 11.8 Å². The Kier molecular flexibility index (Phi) is 4.17. The number of nitrogens with one attached hydrogen (secondary N) is 2. The van der Waals surface area contributed by atoms with Crippen molar-refractivity contribution in [3.63, 3.8) is 0 Å². The molecule has 1 aliphatic heterocycles. The number of fused-ring (bicyclic) bond motifs is 2. The maximum atomic E-state index is 12.9. The van der Waals surface area contributed by atoms with Crippen molar-refractivity contribution in [2.75, 3.05) is 0 Å². The first-order valence-corrected chi connectivity index (χ1v) is 10.2. The number of aromatic amines is 1. The van der Waals surface area contributed by atoms with Gasteiger partial charge in [-0.05, 0) is 39.2 Å². The fraction of sp³-hybridized carbons (Fsp3) is 0.130. The lowest BCUT2D eigenvalue weighted by Gasteiger charge is -2.15. The second kappa shape index (κ2) is 6.74. The molecular formula is C23H18BrN3O2. The lowest BCUT2D eigenvalue weighted by Crippen LogP contribution is -2.21. The quantitative estimate of drug-likeness (QED) is 0.354. The maximum Gasteiger partial charge on any atom is 0.235 e. The largest absolute Gasteiger partial charge is 0.361 e. The molecule has 5 nitrogen and oxygen atoms in total. The fourth-order valence-corrected chi connectivity index (χ4v) is 5.04. The number of nitrogens with zero attached hydrogens (tertiary/aromatic N) is 1. The van der Waals surface area contributed by atoms with Crippen molar-refractivity contribution in [2.24, 2.45) is 0 Å². The molecule has 6 heteroatoms. The summed E-state index contributed by atoms with van der Waals surface area (Å²) in [5, 5.41) is 4.48. The molecule has 2 atom stereocenters. The minimum atomic E-state index is -0.593. The van der Waals surface area contributed by atoms with Crippen LogP contribution in [-0.2, 0) is 16.1 Å². The van der Waals surface area contributed by atoms with Crippen LogP contribution >= 0.6 is 15.9 Å².